The molecule has 1 aromatic carbocycles. The molecule has 1 aromatic rings. The van der Waals surface area contributed by atoms with Crippen LogP contribution in [0, 0.1) is 0 Å². The van der Waals surface area contributed by atoms with Crippen molar-refractivity contribution in [1.29, 1.82) is 0 Å². The number of hydrogen-bond acceptors (Lipinski definition) is 2. The monoisotopic (exact) mass is 191 g/mol. The summed E-state index contributed by atoms with van der Waals surface area (Å²) >= 11 is 0. The first kappa shape index (κ1) is 9.53. The van der Waals surface area contributed by atoms with Crippen LogP contribution in [0.25, 0.3) is 0 Å². The van der Waals surface area contributed by atoms with Gasteiger partial charge in [-0.2, -0.15) is 0 Å². The summed E-state index contributed by atoms with van der Waals surface area (Å²) < 4.78 is 5.92. The van der Waals surface area contributed by atoms with Crippen LogP contribution in [0.4, 0.5) is 0 Å². The summed E-state index contributed by atoms with van der Waals surface area (Å²) in [6.45, 7) is 5.26. The highest BCUT2D eigenvalue weighted by molar-refractivity contribution is 5.42. The van der Waals surface area contributed by atoms with E-state index in [0.29, 0.717) is 5.92 Å². The molecule has 1 atom stereocenters. The van der Waals surface area contributed by atoms with Crippen molar-refractivity contribution in [3.63, 3.8) is 0 Å². The summed E-state index contributed by atoms with van der Waals surface area (Å²) in [6.07, 6.45) is 0. The van der Waals surface area contributed by atoms with Crippen molar-refractivity contribution < 1.29 is 4.74 Å². The number of nitrogens with one attached hydrogen (secondary N) is 1. The van der Waals surface area contributed by atoms with E-state index in [1.54, 1.807) is 0 Å². The number of rotatable bonds is 2. The van der Waals surface area contributed by atoms with Gasteiger partial charge in [-0.15, -0.1) is 0 Å². The predicted octanol–water partition coefficient (Wildman–Crippen LogP) is 2.16. The van der Waals surface area contributed by atoms with Crippen molar-refractivity contribution in [1.82, 2.24) is 5.32 Å². The Bertz CT molecular complexity index is 333. The molecule has 1 aliphatic rings. The third-order valence-electron chi connectivity index (χ3n) is 2.91. The van der Waals surface area contributed by atoms with E-state index >= 15 is 0 Å². The Kier molecular flexibility index (Phi) is 2.23. The molecule has 0 amide bonds. The molecule has 76 valence electrons. The highest BCUT2D eigenvalue weighted by atomic mass is 16.5. The van der Waals surface area contributed by atoms with Gasteiger partial charge >= 0.3 is 0 Å². The van der Waals surface area contributed by atoms with Crippen LogP contribution in [0.1, 0.15) is 25.3 Å². The fourth-order valence-corrected chi connectivity index (χ4v) is 2.15. The second kappa shape index (κ2) is 3.28. The molecule has 1 unspecified atom stereocenters. The summed E-state index contributed by atoms with van der Waals surface area (Å²) in [6, 6.07) is 8.31. The third-order valence-corrected chi connectivity index (χ3v) is 2.91. The zero-order valence-corrected chi connectivity index (χ0v) is 9.00. The van der Waals surface area contributed by atoms with Gasteiger partial charge in [-0.3, -0.25) is 0 Å². The lowest BCUT2D eigenvalue weighted by Gasteiger charge is -2.26. The maximum absolute atomic E-state index is 5.92. The Hall–Kier alpha value is -1.02. The van der Waals surface area contributed by atoms with E-state index < -0.39 is 0 Å². The van der Waals surface area contributed by atoms with Crippen LogP contribution in [0.5, 0.6) is 5.75 Å². The van der Waals surface area contributed by atoms with Crippen LogP contribution in [0.2, 0.25) is 0 Å². The number of para-hydroxylation sites is 1. The van der Waals surface area contributed by atoms with Gasteiger partial charge in [0, 0.05) is 18.0 Å². The normalized spacial score (nSPS) is 22.9. The molecule has 0 saturated carbocycles. The highest BCUT2D eigenvalue weighted by Crippen LogP contribution is 2.43. The standard InChI is InChI=1S/C12H17NO/c1-12(2)10(8-13-3)9-6-4-5-7-11(9)14-12/h4-7,10,13H,8H2,1-3H3. The molecular formula is C12H17NO. The summed E-state index contributed by atoms with van der Waals surface area (Å²) in [5, 5.41) is 3.23. The lowest BCUT2D eigenvalue weighted by Crippen LogP contribution is -2.35. The van der Waals surface area contributed by atoms with Crippen molar-refractivity contribution in [2.45, 2.75) is 25.4 Å². The van der Waals surface area contributed by atoms with Gasteiger partial charge in [0.2, 0.25) is 0 Å². The van der Waals surface area contributed by atoms with E-state index in [9.17, 15) is 0 Å². The molecule has 1 N–H and O–H groups in total. The molecule has 14 heavy (non-hydrogen) atoms. The van der Waals surface area contributed by atoms with E-state index in [4.69, 9.17) is 4.74 Å². The molecule has 0 spiro atoms. The first-order valence-electron chi connectivity index (χ1n) is 5.07. The van der Waals surface area contributed by atoms with Crippen LogP contribution < -0.4 is 10.1 Å². The van der Waals surface area contributed by atoms with Crippen LogP contribution in [0.15, 0.2) is 24.3 Å². The van der Waals surface area contributed by atoms with Crippen molar-refractivity contribution in [2.75, 3.05) is 13.6 Å². The topological polar surface area (TPSA) is 21.3 Å². The van der Waals surface area contributed by atoms with E-state index in [1.807, 2.05) is 19.2 Å². The Morgan fingerprint density at radius 2 is 2.07 bits per heavy atom. The van der Waals surface area contributed by atoms with Crippen molar-refractivity contribution >= 4 is 0 Å². The Morgan fingerprint density at radius 1 is 1.36 bits per heavy atom. The zero-order chi connectivity index (χ0) is 10.2. The minimum atomic E-state index is -0.0906. The first-order chi connectivity index (χ1) is 6.65. The Balaban J connectivity index is 2.37. The van der Waals surface area contributed by atoms with Gasteiger partial charge < -0.3 is 10.1 Å². The van der Waals surface area contributed by atoms with Gasteiger partial charge in [-0.05, 0) is 27.0 Å². The van der Waals surface area contributed by atoms with Gasteiger partial charge in [-0.25, -0.2) is 0 Å². The first-order valence-corrected chi connectivity index (χ1v) is 5.07. The predicted molar refractivity (Wildman–Crippen MR) is 57.8 cm³/mol. The van der Waals surface area contributed by atoms with Crippen LogP contribution >= 0.6 is 0 Å². The smallest absolute Gasteiger partial charge is 0.123 e. The molecule has 0 aliphatic carbocycles. The van der Waals surface area contributed by atoms with E-state index in [-0.39, 0.29) is 5.60 Å². The Labute approximate surface area is 85.3 Å². The van der Waals surface area contributed by atoms with Crippen molar-refractivity contribution in [3.8, 4) is 5.75 Å². The number of fused-ring (bicyclic) bond motifs is 1. The van der Waals surface area contributed by atoms with Gasteiger partial charge in [0.05, 0.1) is 0 Å². The molecule has 0 aromatic heterocycles. The fourth-order valence-electron chi connectivity index (χ4n) is 2.15. The summed E-state index contributed by atoms with van der Waals surface area (Å²) in [5.74, 6) is 1.49. The molecular weight excluding hydrogens is 174 g/mol. The SMILES string of the molecule is CNCC1c2ccccc2OC1(C)C. The number of ether oxygens (including phenoxy) is 1. The van der Waals surface area contributed by atoms with Crippen LogP contribution in [0.3, 0.4) is 0 Å². The second-order valence-electron chi connectivity index (χ2n) is 4.35. The van der Waals surface area contributed by atoms with E-state index in [1.165, 1.54) is 5.56 Å². The van der Waals surface area contributed by atoms with Crippen LogP contribution in [-0.2, 0) is 0 Å². The summed E-state index contributed by atoms with van der Waals surface area (Å²) in [4.78, 5) is 0. The maximum atomic E-state index is 5.92. The minimum Gasteiger partial charge on any atom is -0.487 e. The lowest BCUT2D eigenvalue weighted by atomic mass is 9.87. The molecule has 2 rings (SSSR count). The molecule has 1 heterocycles. The average Bonchev–Trinajstić information content (AvgIpc) is 2.39. The minimum absolute atomic E-state index is 0.0906. The number of hydrogen-bond donors (Lipinski definition) is 1. The van der Waals surface area contributed by atoms with Gasteiger partial charge in [0.25, 0.3) is 0 Å². The highest BCUT2D eigenvalue weighted by Gasteiger charge is 2.40. The molecule has 0 radical (unpaired) electrons. The summed E-state index contributed by atoms with van der Waals surface area (Å²) in [7, 11) is 1.98. The van der Waals surface area contributed by atoms with Crippen LogP contribution in [-0.4, -0.2) is 19.2 Å². The van der Waals surface area contributed by atoms with E-state index in [2.05, 4.69) is 31.3 Å². The number of likely N-dealkylation sites (N-methyl/N-ethyl adjacent to an activating group) is 1. The van der Waals surface area contributed by atoms with Gasteiger partial charge in [0.1, 0.15) is 11.4 Å². The Morgan fingerprint density at radius 3 is 2.79 bits per heavy atom. The van der Waals surface area contributed by atoms with Gasteiger partial charge in [0.15, 0.2) is 0 Å². The fraction of sp³-hybridized carbons (Fsp3) is 0.500. The molecule has 0 fully saturated rings. The molecule has 1 aliphatic heterocycles. The third kappa shape index (κ3) is 1.40. The largest absolute Gasteiger partial charge is 0.487 e. The molecule has 2 heteroatoms. The van der Waals surface area contributed by atoms with Crippen molar-refractivity contribution in [3.05, 3.63) is 29.8 Å². The maximum Gasteiger partial charge on any atom is 0.123 e. The van der Waals surface area contributed by atoms with Gasteiger partial charge in [-0.1, -0.05) is 18.2 Å². The lowest BCUT2D eigenvalue weighted by molar-refractivity contribution is 0.110. The molecule has 0 bridgehead atoms. The van der Waals surface area contributed by atoms with E-state index in [0.717, 1.165) is 12.3 Å². The quantitative estimate of drug-likeness (QED) is 0.773. The summed E-state index contributed by atoms with van der Waals surface area (Å²) in [5.41, 5.74) is 1.24. The average molecular weight is 191 g/mol. The molecule has 0 saturated heterocycles. The second-order valence-corrected chi connectivity index (χ2v) is 4.35. The van der Waals surface area contributed by atoms with Crippen molar-refractivity contribution in [2.24, 2.45) is 0 Å². The molecule has 2 nitrogen and oxygen atoms in total. The zero-order valence-electron chi connectivity index (χ0n) is 9.00. The number of benzene rings is 1.